The second kappa shape index (κ2) is 7.14. The minimum Gasteiger partial charge on any atom is -0.224 e. The number of thioether (sulfide) groups is 1. The highest BCUT2D eigenvalue weighted by Crippen LogP contribution is 2.48. The third-order valence-electron chi connectivity index (χ3n) is 3.20. The Balaban J connectivity index is 2.09. The molecule has 0 aliphatic carbocycles. The summed E-state index contributed by atoms with van der Waals surface area (Å²) in [6.45, 7) is 0. The van der Waals surface area contributed by atoms with Gasteiger partial charge in [-0.15, -0.1) is 0 Å². The fourth-order valence-corrected chi connectivity index (χ4v) is 4.04. The molecule has 0 heterocycles. The van der Waals surface area contributed by atoms with Crippen LogP contribution in [0.5, 0.6) is 0 Å². The van der Waals surface area contributed by atoms with Crippen LogP contribution in [0.4, 0.5) is 17.6 Å². The van der Waals surface area contributed by atoms with Gasteiger partial charge in [0.2, 0.25) is 0 Å². The summed E-state index contributed by atoms with van der Waals surface area (Å²) in [5.74, 6) is -5.52. The van der Waals surface area contributed by atoms with Gasteiger partial charge in [0.25, 0.3) is 0 Å². The van der Waals surface area contributed by atoms with Crippen molar-refractivity contribution in [2.24, 2.45) is 0 Å². The molecule has 0 N–H and O–H groups in total. The molecule has 24 heavy (non-hydrogen) atoms. The molecule has 0 amide bonds. The Morgan fingerprint density at radius 2 is 1.33 bits per heavy atom. The van der Waals surface area contributed by atoms with E-state index in [4.69, 9.17) is 0 Å². The fraction of sp³-hybridized carbons (Fsp3) is 0.250. The van der Waals surface area contributed by atoms with Crippen molar-refractivity contribution in [2.75, 3.05) is 5.75 Å². The van der Waals surface area contributed by atoms with Crippen LogP contribution >= 0.6 is 11.8 Å². The molecule has 0 bridgehead atoms. The predicted molar refractivity (Wildman–Crippen MR) is 85.3 cm³/mol. The predicted octanol–water partition coefficient (Wildman–Crippen LogP) is 4.87. The average molecular weight is 378 g/mol. The Kier molecular flexibility index (Phi) is 5.59. The lowest BCUT2D eigenvalue weighted by atomic mass is 10.3. The van der Waals surface area contributed by atoms with E-state index in [1.54, 1.807) is 12.1 Å². The van der Waals surface area contributed by atoms with E-state index >= 15 is 0 Å². The van der Waals surface area contributed by atoms with Gasteiger partial charge in [0.1, 0.15) is 0 Å². The summed E-state index contributed by atoms with van der Waals surface area (Å²) >= 11 is -0.279. The van der Waals surface area contributed by atoms with E-state index in [1.807, 2.05) is 0 Å². The first-order valence-electron chi connectivity index (χ1n) is 6.92. The van der Waals surface area contributed by atoms with Gasteiger partial charge < -0.3 is 0 Å². The van der Waals surface area contributed by atoms with Gasteiger partial charge >= 0.3 is 11.2 Å². The Bertz CT molecular complexity index is 763. The largest absolute Gasteiger partial charge is 0.360 e. The smallest absolute Gasteiger partial charge is 0.224 e. The van der Waals surface area contributed by atoms with Crippen molar-refractivity contribution < 1.29 is 26.0 Å². The van der Waals surface area contributed by atoms with Crippen LogP contribution in [-0.2, 0) is 9.84 Å². The SMILES string of the molecule is O=S(=O)(CCC(F)(F)C(F)(F)Sc1ccccc1)c1ccccc1. The lowest BCUT2D eigenvalue weighted by molar-refractivity contribution is -0.152. The molecule has 0 aliphatic rings. The molecule has 130 valence electrons. The summed E-state index contributed by atoms with van der Waals surface area (Å²) in [7, 11) is -4.05. The molecule has 8 heteroatoms. The zero-order chi connectivity index (χ0) is 17.8. The summed E-state index contributed by atoms with van der Waals surface area (Å²) in [6, 6.07) is 14.0. The Hall–Kier alpha value is -1.54. The van der Waals surface area contributed by atoms with Crippen LogP contribution in [-0.4, -0.2) is 25.3 Å². The van der Waals surface area contributed by atoms with Gasteiger partial charge in [-0.1, -0.05) is 36.4 Å². The van der Waals surface area contributed by atoms with Gasteiger partial charge in [0.05, 0.1) is 10.6 Å². The summed E-state index contributed by atoms with van der Waals surface area (Å²) in [6.07, 6.45) is -1.46. The minimum atomic E-state index is -4.46. The number of halogens is 4. The van der Waals surface area contributed by atoms with Gasteiger partial charge in [0, 0.05) is 11.3 Å². The normalized spacial score (nSPS) is 13.0. The van der Waals surface area contributed by atoms with Gasteiger partial charge in [-0.2, -0.15) is 17.6 Å². The third-order valence-corrected chi connectivity index (χ3v) is 6.00. The number of sulfone groups is 1. The number of alkyl halides is 4. The number of rotatable bonds is 7. The highest BCUT2D eigenvalue weighted by molar-refractivity contribution is 8.00. The summed E-state index contributed by atoms with van der Waals surface area (Å²) in [5, 5.41) is -4.42. The van der Waals surface area contributed by atoms with Crippen LogP contribution in [0.3, 0.4) is 0 Å². The van der Waals surface area contributed by atoms with Crippen molar-refractivity contribution >= 4 is 21.6 Å². The van der Waals surface area contributed by atoms with Crippen LogP contribution < -0.4 is 0 Å². The van der Waals surface area contributed by atoms with Crippen molar-refractivity contribution in [2.45, 2.75) is 27.4 Å². The van der Waals surface area contributed by atoms with Gasteiger partial charge in [-0.05, 0) is 36.0 Å². The molecule has 0 radical (unpaired) electrons. The monoisotopic (exact) mass is 378 g/mol. The summed E-state index contributed by atoms with van der Waals surface area (Å²) in [5.41, 5.74) is 0. The maximum atomic E-state index is 13.9. The lowest BCUT2D eigenvalue weighted by Gasteiger charge is -2.25. The van der Waals surface area contributed by atoms with Crippen LogP contribution in [0.15, 0.2) is 70.5 Å². The average Bonchev–Trinajstić information content (AvgIpc) is 2.54. The summed E-state index contributed by atoms with van der Waals surface area (Å²) in [4.78, 5) is -0.187. The van der Waals surface area contributed by atoms with Crippen LogP contribution in [0.2, 0.25) is 0 Å². The standard InChI is InChI=1S/C16H14F4O2S2/c17-15(18,16(19,20)23-13-7-3-1-4-8-13)11-12-24(21,22)14-9-5-2-6-10-14/h1-10H,11-12H2. The molecule has 2 nitrogen and oxygen atoms in total. The highest BCUT2D eigenvalue weighted by atomic mass is 32.2. The van der Waals surface area contributed by atoms with E-state index in [1.165, 1.54) is 48.5 Å². The Morgan fingerprint density at radius 1 is 0.833 bits per heavy atom. The molecule has 0 aromatic heterocycles. The van der Waals surface area contributed by atoms with Gasteiger partial charge in [-0.3, -0.25) is 0 Å². The highest BCUT2D eigenvalue weighted by Gasteiger charge is 2.57. The first kappa shape index (κ1) is 18.8. The molecule has 0 spiro atoms. The van der Waals surface area contributed by atoms with E-state index in [2.05, 4.69) is 0 Å². The fourth-order valence-electron chi connectivity index (χ4n) is 1.86. The Labute approximate surface area is 141 Å². The molecule has 0 aliphatic heterocycles. The second-order valence-electron chi connectivity index (χ2n) is 5.02. The van der Waals surface area contributed by atoms with E-state index in [9.17, 15) is 26.0 Å². The first-order valence-corrected chi connectivity index (χ1v) is 9.38. The van der Waals surface area contributed by atoms with Gasteiger partial charge in [0.15, 0.2) is 9.84 Å². The third kappa shape index (κ3) is 4.51. The lowest BCUT2D eigenvalue weighted by Crippen LogP contribution is -2.39. The van der Waals surface area contributed by atoms with E-state index in [0.717, 1.165) is 0 Å². The van der Waals surface area contributed by atoms with Gasteiger partial charge in [-0.25, -0.2) is 8.42 Å². The molecule has 2 aromatic carbocycles. The van der Waals surface area contributed by atoms with Crippen molar-refractivity contribution in [3.63, 3.8) is 0 Å². The van der Waals surface area contributed by atoms with Crippen molar-refractivity contribution in [1.29, 1.82) is 0 Å². The molecule has 0 unspecified atom stereocenters. The summed E-state index contributed by atoms with van der Waals surface area (Å²) < 4.78 is 79.5. The molecule has 0 fully saturated rings. The topological polar surface area (TPSA) is 34.1 Å². The quantitative estimate of drug-likeness (QED) is 0.509. The maximum Gasteiger partial charge on any atom is 0.360 e. The molecular formula is C16H14F4O2S2. The minimum absolute atomic E-state index is 0.0203. The van der Waals surface area contributed by atoms with E-state index < -0.39 is 33.2 Å². The van der Waals surface area contributed by atoms with Crippen LogP contribution in [0.1, 0.15) is 6.42 Å². The zero-order valence-electron chi connectivity index (χ0n) is 12.3. The number of hydrogen-bond donors (Lipinski definition) is 0. The molecule has 2 aromatic rings. The van der Waals surface area contributed by atoms with E-state index in [-0.39, 0.29) is 21.6 Å². The Morgan fingerprint density at radius 3 is 1.88 bits per heavy atom. The molecule has 2 rings (SSSR count). The first-order chi connectivity index (χ1) is 11.1. The number of hydrogen-bond acceptors (Lipinski definition) is 3. The maximum absolute atomic E-state index is 13.9. The van der Waals surface area contributed by atoms with Crippen LogP contribution in [0.25, 0.3) is 0 Å². The van der Waals surface area contributed by atoms with E-state index in [0.29, 0.717) is 0 Å². The molecule has 0 atom stereocenters. The molecular weight excluding hydrogens is 364 g/mol. The zero-order valence-corrected chi connectivity index (χ0v) is 14.0. The second-order valence-corrected chi connectivity index (χ2v) is 8.32. The van der Waals surface area contributed by atoms with Crippen molar-refractivity contribution in [1.82, 2.24) is 0 Å². The number of benzene rings is 2. The van der Waals surface area contributed by atoms with Crippen LogP contribution in [0, 0.1) is 0 Å². The van der Waals surface area contributed by atoms with Crippen molar-refractivity contribution in [3.05, 3.63) is 60.7 Å². The van der Waals surface area contributed by atoms with Crippen molar-refractivity contribution in [3.8, 4) is 0 Å². The molecule has 0 saturated heterocycles. The molecule has 0 saturated carbocycles.